The van der Waals surface area contributed by atoms with E-state index in [9.17, 15) is 9.18 Å². The van der Waals surface area contributed by atoms with Gasteiger partial charge in [0.25, 0.3) is 0 Å². The minimum atomic E-state index is -0.653. The molecule has 0 aliphatic rings. The van der Waals surface area contributed by atoms with Crippen molar-refractivity contribution < 1.29 is 13.9 Å². The fourth-order valence-corrected chi connectivity index (χ4v) is 1.12. The molecule has 0 atom stereocenters. The fourth-order valence-electron chi connectivity index (χ4n) is 1.12. The first-order valence-corrected chi connectivity index (χ1v) is 4.65. The van der Waals surface area contributed by atoms with Crippen LogP contribution in [0.5, 0.6) is 0 Å². The van der Waals surface area contributed by atoms with Crippen LogP contribution in [0, 0.1) is 12.7 Å². The highest BCUT2D eigenvalue weighted by Gasteiger charge is 2.22. The summed E-state index contributed by atoms with van der Waals surface area (Å²) in [6.45, 7) is 6.83. The summed E-state index contributed by atoms with van der Waals surface area (Å²) in [5.74, 6) is -1.30. The largest absolute Gasteiger partial charge is 0.456 e. The minimum Gasteiger partial charge on any atom is -0.456 e. The van der Waals surface area contributed by atoms with Crippen LogP contribution in [-0.2, 0) is 4.74 Å². The van der Waals surface area contributed by atoms with E-state index in [4.69, 9.17) is 4.74 Å². The zero-order valence-electron chi connectivity index (χ0n) is 9.30. The lowest BCUT2D eigenvalue weighted by Gasteiger charge is -2.20. The number of aryl methyl sites for hydroxylation is 1. The van der Waals surface area contributed by atoms with Gasteiger partial charge in [0.15, 0.2) is 5.82 Å². The highest BCUT2D eigenvalue weighted by Crippen LogP contribution is 2.16. The van der Waals surface area contributed by atoms with Gasteiger partial charge in [0.05, 0.1) is 6.20 Å². The number of ether oxygens (including phenoxy) is 1. The Hall–Kier alpha value is -1.45. The average molecular weight is 211 g/mol. The number of carbonyl (C=O) groups excluding carboxylic acids is 1. The Morgan fingerprint density at radius 2 is 2.00 bits per heavy atom. The number of rotatable bonds is 1. The minimum absolute atomic E-state index is 0.0417. The molecule has 0 spiro atoms. The Kier molecular flexibility index (Phi) is 3.07. The van der Waals surface area contributed by atoms with E-state index in [1.54, 1.807) is 27.7 Å². The van der Waals surface area contributed by atoms with Gasteiger partial charge in [-0.25, -0.2) is 9.18 Å². The van der Waals surface area contributed by atoms with Gasteiger partial charge >= 0.3 is 5.97 Å². The van der Waals surface area contributed by atoms with Gasteiger partial charge < -0.3 is 4.74 Å². The van der Waals surface area contributed by atoms with Crippen molar-refractivity contribution in [1.29, 1.82) is 0 Å². The lowest BCUT2D eigenvalue weighted by atomic mass is 10.1. The normalized spacial score (nSPS) is 11.3. The molecule has 0 amide bonds. The molecule has 1 aromatic heterocycles. The number of hydrogen-bond acceptors (Lipinski definition) is 3. The molecular weight excluding hydrogens is 197 g/mol. The summed E-state index contributed by atoms with van der Waals surface area (Å²) < 4.78 is 18.4. The predicted octanol–water partition coefficient (Wildman–Crippen LogP) is 2.48. The Labute approximate surface area is 88.3 Å². The van der Waals surface area contributed by atoms with Crippen molar-refractivity contribution in [1.82, 2.24) is 4.98 Å². The van der Waals surface area contributed by atoms with E-state index in [2.05, 4.69) is 4.98 Å². The Morgan fingerprint density at radius 3 is 2.47 bits per heavy atom. The molecule has 0 aliphatic heterocycles. The molecule has 1 rings (SSSR count). The molecule has 0 radical (unpaired) electrons. The molecule has 0 bridgehead atoms. The lowest BCUT2D eigenvalue weighted by molar-refractivity contribution is 0.00637. The van der Waals surface area contributed by atoms with Crippen molar-refractivity contribution in [2.75, 3.05) is 0 Å². The molecule has 1 heterocycles. The average Bonchev–Trinajstić information content (AvgIpc) is 1.99. The topological polar surface area (TPSA) is 39.2 Å². The first-order chi connectivity index (χ1) is 6.81. The molecule has 82 valence electrons. The molecule has 0 aliphatic carbocycles. The van der Waals surface area contributed by atoms with E-state index in [0.29, 0.717) is 5.56 Å². The van der Waals surface area contributed by atoms with Gasteiger partial charge in [-0.15, -0.1) is 0 Å². The van der Waals surface area contributed by atoms with Crippen LogP contribution in [0.1, 0.15) is 36.7 Å². The summed E-state index contributed by atoms with van der Waals surface area (Å²) in [5, 5.41) is 0. The molecule has 1 aromatic rings. The summed E-state index contributed by atoms with van der Waals surface area (Å²) in [5.41, 5.74) is -0.191. The first-order valence-electron chi connectivity index (χ1n) is 4.65. The smallest absolute Gasteiger partial charge is 0.342 e. The molecule has 0 unspecified atom stereocenters. The molecule has 15 heavy (non-hydrogen) atoms. The van der Waals surface area contributed by atoms with Crippen molar-refractivity contribution >= 4 is 5.97 Å². The molecule has 3 nitrogen and oxygen atoms in total. The van der Waals surface area contributed by atoms with Crippen molar-refractivity contribution in [2.45, 2.75) is 33.3 Å². The zero-order chi connectivity index (χ0) is 11.6. The van der Waals surface area contributed by atoms with Crippen molar-refractivity contribution in [3.8, 4) is 0 Å². The third-order valence-corrected chi connectivity index (χ3v) is 1.69. The summed E-state index contributed by atoms with van der Waals surface area (Å²) in [6, 6.07) is 0. The molecule has 0 saturated carbocycles. The van der Waals surface area contributed by atoms with Crippen LogP contribution in [0.25, 0.3) is 0 Å². The maximum atomic E-state index is 13.3. The van der Waals surface area contributed by atoms with Crippen LogP contribution in [0.4, 0.5) is 4.39 Å². The summed E-state index contributed by atoms with van der Waals surface area (Å²) in [6.07, 6.45) is 2.44. The van der Waals surface area contributed by atoms with Crippen molar-refractivity contribution in [2.24, 2.45) is 0 Å². The highest BCUT2D eigenvalue weighted by atomic mass is 19.1. The number of carbonyl (C=O) groups is 1. The van der Waals surface area contributed by atoms with E-state index in [-0.39, 0.29) is 5.56 Å². The van der Waals surface area contributed by atoms with E-state index in [1.165, 1.54) is 6.20 Å². The number of nitrogens with zero attached hydrogens (tertiary/aromatic N) is 1. The van der Waals surface area contributed by atoms with Crippen LogP contribution in [0.3, 0.4) is 0 Å². The predicted molar refractivity (Wildman–Crippen MR) is 54.1 cm³/mol. The third-order valence-electron chi connectivity index (χ3n) is 1.69. The van der Waals surface area contributed by atoms with Crippen molar-refractivity contribution in [3.63, 3.8) is 0 Å². The maximum absolute atomic E-state index is 13.3. The van der Waals surface area contributed by atoms with Gasteiger partial charge in [-0.05, 0) is 33.3 Å². The van der Waals surface area contributed by atoms with Gasteiger partial charge in [-0.3, -0.25) is 4.98 Å². The Morgan fingerprint density at radius 1 is 1.40 bits per heavy atom. The van der Waals surface area contributed by atoms with Gasteiger partial charge in [0.2, 0.25) is 0 Å². The second-order valence-corrected chi connectivity index (χ2v) is 4.32. The number of aromatic nitrogens is 1. The zero-order valence-corrected chi connectivity index (χ0v) is 9.30. The summed E-state index contributed by atoms with van der Waals surface area (Å²) >= 11 is 0. The van der Waals surface area contributed by atoms with Crippen LogP contribution in [0.15, 0.2) is 12.4 Å². The quantitative estimate of drug-likeness (QED) is 0.670. The monoisotopic (exact) mass is 211 g/mol. The second kappa shape index (κ2) is 3.96. The molecule has 4 heteroatoms. The Balaban J connectivity index is 3.02. The molecular formula is C11H14FNO2. The number of hydrogen-bond donors (Lipinski definition) is 0. The number of halogens is 1. The Bertz CT molecular complexity index is 362. The molecule has 0 fully saturated rings. The standard InChI is InChI=1S/C11H14FNO2/c1-7-5-13-6-8(12)9(7)10(14)15-11(2,3)4/h5-6H,1-4H3. The van der Waals surface area contributed by atoms with E-state index in [0.717, 1.165) is 6.20 Å². The van der Waals surface area contributed by atoms with Crippen LogP contribution >= 0.6 is 0 Å². The molecule has 0 aromatic carbocycles. The van der Waals surface area contributed by atoms with Gasteiger partial charge in [0.1, 0.15) is 11.2 Å². The van der Waals surface area contributed by atoms with E-state index >= 15 is 0 Å². The van der Waals surface area contributed by atoms with Gasteiger partial charge in [-0.1, -0.05) is 0 Å². The molecule has 0 N–H and O–H groups in total. The first kappa shape index (κ1) is 11.6. The second-order valence-electron chi connectivity index (χ2n) is 4.32. The summed E-state index contributed by atoms with van der Waals surface area (Å²) in [7, 11) is 0. The fraction of sp³-hybridized carbons (Fsp3) is 0.455. The van der Waals surface area contributed by atoms with E-state index in [1.807, 2.05) is 0 Å². The molecule has 0 saturated heterocycles. The maximum Gasteiger partial charge on any atom is 0.342 e. The third kappa shape index (κ3) is 3.01. The van der Waals surface area contributed by atoms with Gasteiger partial charge in [-0.2, -0.15) is 0 Å². The summed E-state index contributed by atoms with van der Waals surface area (Å²) in [4.78, 5) is 15.3. The van der Waals surface area contributed by atoms with Crippen LogP contribution in [-0.4, -0.2) is 16.6 Å². The van der Waals surface area contributed by atoms with Gasteiger partial charge in [0, 0.05) is 6.20 Å². The SMILES string of the molecule is Cc1cncc(F)c1C(=O)OC(C)(C)C. The highest BCUT2D eigenvalue weighted by molar-refractivity contribution is 5.91. The van der Waals surface area contributed by atoms with E-state index < -0.39 is 17.4 Å². The van der Waals surface area contributed by atoms with Crippen LogP contribution < -0.4 is 0 Å². The number of esters is 1. The lowest BCUT2D eigenvalue weighted by Crippen LogP contribution is -2.25. The van der Waals surface area contributed by atoms with Crippen LogP contribution in [0.2, 0.25) is 0 Å². The van der Waals surface area contributed by atoms with Crippen molar-refractivity contribution in [3.05, 3.63) is 29.3 Å². The number of pyridine rings is 1.